The van der Waals surface area contributed by atoms with Gasteiger partial charge in [0.1, 0.15) is 0 Å². The number of hydrogen-bond donors (Lipinski definition) is 0. The molecule has 0 aliphatic carbocycles. The van der Waals surface area contributed by atoms with Crippen molar-refractivity contribution in [1.82, 2.24) is 0 Å². The Bertz CT molecular complexity index is 533. The fraction of sp³-hybridized carbons (Fsp3) is 0.250. The zero-order chi connectivity index (χ0) is 11.7. The molecule has 1 aromatic heterocycles. The highest BCUT2D eigenvalue weighted by molar-refractivity contribution is 9.10. The molecule has 0 bridgehead atoms. The molecule has 0 saturated heterocycles. The SMILES string of the molecule is CCC(Br)C(=O)c1csc2c(Br)cccc12. The van der Waals surface area contributed by atoms with E-state index in [1.165, 1.54) is 0 Å². The molecule has 84 valence electrons. The standard InChI is InChI=1S/C12H10Br2OS/c1-2-9(13)11(15)8-6-16-12-7(8)4-3-5-10(12)14/h3-6,9H,2H2,1H3. The number of carbonyl (C=O) groups is 1. The molecule has 4 heteroatoms. The van der Waals surface area contributed by atoms with Crippen LogP contribution in [0.3, 0.4) is 0 Å². The van der Waals surface area contributed by atoms with Crippen molar-refractivity contribution in [2.75, 3.05) is 0 Å². The number of Topliss-reactive ketones (excluding diaryl/α,β-unsaturated/α-hetero) is 1. The van der Waals surface area contributed by atoms with Crippen LogP contribution in [0.15, 0.2) is 28.1 Å². The van der Waals surface area contributed by atoms with Crippen LogP contribution in [-0.4, -0.2) is 10.6 Å². The van der Waals surface area contributed by atoms with E-state index in [2.05, 4.69) is 31.9 Å². The average molecular weight is 362 g/mol. The predicted molar refractivity (Wildman–Crippen MR) is 76.9 cm³/mol. The Morgan fingerprint density at radius 1 is 1.50 bits per heavy atom. The summed E-state index contributed by atoms with van der Waals surface area (Å²) in [4.78, 5) is 12.0. The summed E-state index contributed by atoms with van der Waals surface area (Å²) in [6, 6.07) is 5.96. The minimum Gasteiger partial charge on any atom is -0.293 e. The second kappa shape index (κ2) is 4.98. The van der Waals surface area contributed by atoms with Crippen molar-refractivity contribution in [1.29, 1.82) is 0 Å². The fourth-order valence-electron chi connectivity index (χ4n) is 1.57. The number of alkyl halides is 1. The summed E-state index contributed by atoms with van der Waals surface area (Å²) >= 11 is 8.52. The van der Waals surface area contributed by atoms with Crippen LogP contribution in [0, 0.1) is 0 Å². The van der Waals surface area contributed by atoms with E-state index in [9.17, 15) is 4.79 Å². The third kappa shape index (κ3) is 2.11. The normalized spacial score (nSPS) is 12.9. The van der Waals surface area contributed by atoms with Gasteiger partial charge in [-0.25, -0.2) is 0 Å². The van der Waals surface area contributed by atoms with Crippen molar-refractivity contribution in [2.24, 2.45) is 0 Å². The minimum atomic E-state index is -0.0794. The van der Waals surface area contributed by atoms with E-state index in [1.807, 2.05) is 30.5 Å². The van der Waals surface area contributed by atoms with Crippen LogP contribution in [0.2, 0.25) is 0 Å². The van der Waals surface area contributed by atoms with E-state index < -0.39 is 0 Å². The molecule has 1 heterocycles. The Kier molecular flexibility index (Phi) is 3.82. The lowest BCUT2D eigenvalue weighted by Crippen LogP contribution is -2.12. The summed E-state index contributed by atoms with van der Waals surface area (Å²) < 4.78 is 2.19. The Balaban J connectivity index is 2.54. The molecule has 0 saturated carbocycles. The molecule has 0 N–H and O–H groups in total. The monoisotopic (exact) mass is 360 g/mol. The molecule has 0 spiro atoms. The topological polar surface area (TPSA) is 17.1 Å². The first kappa shape index (κ1) is 12.3. The molecule has 1 unspecified atom stereocenters. The summed E-state index contributed by atoms with van der Waals surface area (Å²) in [5, 5.41) is 2.99. The quantitative estimate of drug-likeness (QED) is 0.554. The van der Waals surface area contributed by atoms with Crippen LogP contribution in [0.4, 0.5) is 0 Å². The smallest absolute Gasteiger partial charge is 0.177 e. The molecular weight excluding hydrogens is 352 g/mol. The number of thiophene rings is 1. The first-order chi connectivity index (χ1) is 7.65. The molecule has 16 heavy (non-hydrogen) atoms. The van der Waals surface area contributed by atoms with E-state index in [0.29, 0.717) is 0 Å². The lowest BCUT2D eigenvalue weighted by Gasteiger charge is -2.04. The first-order valence-electron chi connectivity index (χ1n) is 4.99. The Labute approximate surface area is 115 Å². The number of fused-ring (bicyclic) bond motifs is 1. The summed E-state index contributed by atoms with van der Waals surface area (Å²) in [6.45, 7) is 2.00. The summed E-state index contributed by atoms with van der Waals surface area (Å²) in [5.41, 5.74) is 0.824. The molecule has 1 nitrogen and oxygen atoms in total. The van der Waals surface area contributed by atoms with Gasteiger partial charge in [0, 0.05) is 25.5 Å². The van der Waals surface area contributed by atoms with Crippen LogP contribution in [0.25, 0.3) is 10.1 Å². The molecular formula is C12H10Br2OS. The number of hydrogen-bond acceptors (Lipinski definition) is 2. The van der Waals surface area contributed by atoms with E-state index in [-0.39, 0.29) is 10.6 Å². The maximum atomic E-state index is 12.1. The third-order valence-corrected chi connectivity index (χ3v) is 5.48. The van der Waals surface area contributed by atoms with Gasteiger partial charge < -0.3 is 0 Å². The van der Waals surface area contributed by atoms with Gasteiger partial charge in [-0.1, -0.05) is 35.0 Å². The van der Waals surface area contributed by atoms with Crippen LogP contribution < -0.4 is 0 Å². The van der Waals surface area contributed by atoms with E-state index in [4.69, 9.17) is 0 Å². The van der Waals surface area contributed by atoms with Gasteiger partial charge >= 0.3 is 0 Å². The maximum Gasteiger partial charge on any atom is 0.177 e. The van der Waals surface area contributed by atoms with Crippen molar-refractivity contribution in [3.8, 4) is 0 Å². The van der Waals surface area contributed by atoms with Gasteiger partial charge in [0.2, 0.25) is 0 Å². The second-order valence-corrected chi connectivity index (χ2v) is 6.35. The molecule has 0 radical (unpaired) electrons. The molecule has 1 atom stereocenters. The van der Waals surface area contributed by atoms with Crippen molar-refractivity contribution in [2.45, 2.75) is 18.2 Å². The van der Waals surface area contributed by atoms with Gasteiger partial charge in [0.25, 0.3) is 0 Å². The summed E-state index contributed by atoms with van der Waals surface area (Å²) in [5.74, 6) is 0.173. The molecule has 0 fully saturated rings. The molecule has 2 rings (SSSR count). The highest BCUT2D eigenvalue weighted by Crippen LogP contribution is 2.33. The summed E-state index contributed by atoms with van der Waals surface area (Å²) in [6.07, 6.45) is 0.810. The molecule has 2 aromatic rings. The lowest BCUT2D eigenvalue weighted by atomic mass is 10.1. The summed E-state index contributed by atoms with van der Waals surface area (Å²) in [7, 11) is 0. The highest BCUT2D eigenvalue weighted by Gasteiger charge is 2.19. The number of ketones is 1. The number of rotatable bonds is 3. The van der Waals surface area contributed by atoms with Crippen LogP contribution >= 0.6 is 43.2 Å². The zero-order valence-electron chi connectivity index (χ0n) is 8.67. The predicted octanol–water partition coefficient (Wildman–Crippen LogP) is 5.02. The van der Waals surface area contributed by atoms with Gasteiger partial charge in [-0.3, -0.25) is 4.79 Å². The van der Waals surface area contributed by atoms with Gasteiger partial charge in [0.15, 0.2) is 5.78 Å². The Morgan fingerprint density at radius 2 is 2.25 bits per heavy atom. The van der Waals surface area contributed by atoms with Gasteiger partial charge in [-0.15, -0.1) is 11.3 Å². The van der Waals surface area contributed by atoms with Crippen molar-refractivity contribution in [3.05, 3.63) is 33.6 Å². The lowest BCUT2D eigenvalue weighted by molar-refractivity contribution is 0.0992. The average Bonchev–Trinajstić information content (AvgIpc) is 2.72. The van der Waals surface area contributed by atoms with E-state index in [1.54, 1.807) is 11.3 Å². The number of benzene rings is 1. The van der Waals surface area contributed by atoms with E-state index >= 15 is 0 Å². The van der Waals surface area contributed by atoms with Crippen molar-refractivity contribution >= 4 is 59.1 Å². The van der Waals surface area contributed by atoms with Crippen LogP contribution in [0.1, 0.15) is 23.7 Å². The molecule has 0 aliphatic rings. The Morgan fingerprint density at radius 3 is 2.94 bits per heavy atom. The van der Waals surface area contributed by atoms with Crippen molar-refractivity contribution < 1.29 is 4.79 Å². The maximum absolute atomic E-state index is 12.1. The Hall–Kier alpha value is -0.190. The van der Waals surface area contributed by atoms with Gasteiger partial charge in [-0.05, 0) is 28.4 Å². The fourth-order valence-corrected chi connectivity index (χ4v) is 3.42. The number of carbonyl (C=O) groups excluding carboxylic acids is 1. The highest BCUT2D eigenvalue weighted by atomic mass is 79.9. The third-order valence-electron chi connectivity index (χ3n) is 2.46. The number of halogens is 2. The second-order valence-electron chi connectivity index (χ2n) is 3.51. The largest absolute Gasteiger partial charge is 0.293 e. The minimum absolute atomic E-state index is 0.0794. The molecule has 0 amide bonds. The van der Waals surface area contributed by atoms with Gasteiger partial charge in [0.05, 0.1) is 4.83 Å². The van der Waals surface area contributed by atoms with Gasteiger partial charge in [-0.2, -0.15) is 0 Å². The van der Waals surface area contributed by atoms with Crippen molar-refractivity contribution in [3.63, 3.8) is 0 Å². The molecule has 0 aliphatic heterocycles. The van der Waals surface area contributed by atoms with Crippen LogP contribution in [-0.2, 0) is 0 Å². The molecule has 1 aromatic carbocycles. The van der Waals surface area contributed by atoms with E-state index in [0.717, 1.165) is 26.5 Å². The first-order valence-corrected chi connectivity index (χ1v) is 7.58. The van der Waals surface area contributed by atoms with Crippen LogP contribution in [0.5, 0.6) is 0 Å². The zero-order valence-corrected chi connectivity index (χ0v) is 12.7.